The molecule has 4 atom stereocenters. The number of nitrogens with zero attached hydrogens (tertiary/aromatic N) is 1. The van der Waals surface area contributed by atoms with Crippen LogP contribution >= 0.6 is 0 Å². The van der Waals surface area contributed by atoms with Gasteiger partial charge < -0.3 is 20.1 Å². The number of aromatic amines is 1. The molecule has 1 fully saturated rings. The standard InChI is InChI=1S/C10H14N2O6/c13-3-6-9(16)8(15)5(4-18-6)12-2-1-7(14)11-10(12)17/h1-2,5-6,8-9,13,15-16H,3-4H2,(H,11,14,17). The summed E-state index contributed by atoms with van der Waals surface area (Å²) in [6.45, 7) is -0.471. The van der Waals surface area contributed by atoms with Crippen molar-refractivity contribution in [2.24, 2.45) is 0 Å². The average Bonchev–Trinajstić information content (AvgIpc) is 2.34. The predicted molar refractivity (Wildman–Crippen MR) is 59.2 cm³/mol. The number of nitrogens with one attached hydrogen (secondary N) is 1. The van der Waals surface area contributed by atoms with Crippen molar-refractivity contribution >= 4 is 0 Å². The Hall–Kier alpha value is -1.48. The molecular weight excluding hydrogens is 244 g/mol. The van der Waals surface area contributed by atoms with Gasteiger partial charge in [-0.3, -0.25) is 14.3 Å². The van der Waals surface area contributed by atoms with Crippen LogP contribution in [0.15, 0.2) is 21.9 Å². The van der Waals surface area contributed by atoms with Crippen LogP contribution in [0.3, 0.4) is 0 Å². The van der Waals surface area contributed by atoms with Crippen LogP contribution in [0.5, 0.6) is 0 Å². The van der Waals surface area contributed by atoms with Crippen LogP contribution in [0.2, 0.25) is 0 Å². The zero-order valence-corrected chi connectivity index (χ0v) is 9.39. The molecule has 4 unspecified atom stereocenters. The maximum Gasteiger partial charge on any atom is 0.328 e. The average molecular weight is 258 g/mol. The summed E-state index contributed by atoms with van der Waals surface area (Å²) >= 11 is 0. The first-order valence-electron chi connectivity index (χ1n) is 5.44. The minimum atomic E-state index is -1.30. The van der Waals surface area contributed by atoms with Crippen LogP contribution in [0.1, 0.15) is 6.04 Å². The fraction of sp³-hybridized carbons (Fsp3) is 0.600. The molecule has 0 aliphatic carbocycles. The van der Waals surface area contributed by atoms with E-state index in [0.29, 0.717) is 0 Å². The maximum absolute atomic E-state index is 11.6. The van der Waals surface area contributed by atoms with Crippen molar-refractivity contribution in [2.75, 3.05) is 13.2 Å². The first kappa shape index (κ1) is 13.0. The minimum absolute atomic E-state index is 0.0462. The molecule has 18 heavy (non-hydrogen) atoms. The molecule has 0 amide bonds. The van der Waals surface area contributed by atoms with Crippen molar-refractivity contribution in [2.45, 2.75) is 24.4 Å². The Balaban J connectivity index is 2.29. The highest BCUT2D eigenvalue weighted by atomic mass is 16.5. The van der Waals surface area contributed by atoms with Crippen LogP contribution in [-0.2, 0) is 4.74 Å². The molecule has 1 aromatic rings. The smallest absolute Gasteiger partial charge is 0.328 e. The number of aliphatic hydroxyl groups excluding tert-OH is 3. The molecule has 1 saturated heterocycles. The first-order chi connectivity index (χ1) is 8.54. The van der Waals surface area contributed by atoms with E-state index in [4.69, 9.17) is 9.84 Å². The Morgan fingerprint density at radius 3 is 2.72 bits per heavy atom. The molecule has 100 valence electrons. The van der Waals surface area contributed by atoms with Crippen molar-refractivity contribution < 1.29 is 20.1 Å². The Morgan fingerprint density at radius 2 is 2.11 bits per heavy atom. The molecule has 0 spiro atoms. The van der Waals surface area contributed by atoms with E-state index in [1.165, 1.54) is 6.20 Å². The molecule has 1 aliphatic heterocycles. The maximum atomic E-state index is 11.6. The van der Waals surface area contributed by atoms with E-state index >= 15 is 0 Å². The third-order valence-corrected chi connectivity index (χ3v) is 2.99. The van der Waals surface area contributed by atoms with Gasteiger partial charge in [-0.1, -0.05) is 0 Å². The normalized spacial score (nSPS) is 32.4. The van der Waals surface area contributed by atoms with Gasteiger partial charge in [-0.2, -0.15) is 0 Å². The van der Waals surface area contributed by atoms with E-state index in [9.17, 15) is 19.8 Å². The Bertz CT molecular complexity index is 524. The molecule has 0 radical (unpaired) electrons. The summed E-state index contributed by atoms with van der Waals surface area (Å²) < 4.78 is 6.24. The van der Waals surface area contributed by atoms with Crippen LogP contribution in [0.4, 0.5) is 0 Å². The van der Waals surface area contributed by atoms with Crippen LogP contribution in [-0.4, -0.2) is 56.4 Å². The van der Waals surface area contributed by atoms with Crippen molar-refractivity contribution in [1.29, 1.82) is 0 Å². The lowest BCUT2D eigenvalue weighted by atomic mass is 9.98. The first-order valence-corrected chi connectivity index (χ1v) is 5.44. The lowest BCUT2D eigenvalue weighted by Crippen LogP contribution is -2.53. The highest BCUT2D eigenvalue weighted by molar-refractivity contribution is 4.94. The Kier molecular flexibility index (Phi) is 3.62. The van der Waals surface area contributed by atoms with E-state index in [2.05, 4.69) is 4.98 Å². The molecule has 2 heterocycles. The molecule has 4 N–H and O–H groups in total. The quantitative estimate of drug-likeness (QED) is 0.454. The van der Waals surface area contributed by atoms with E-state index in [-0.39, 0.29) is 6.61 Å². The number of aromatic nitrogens is 2. The van der Waals surface area contributed by atoms with E-state index in [1.807, 2.05) is 0 Å². The Labute approximate surface area is 101 Å². The van der Waals surface area contributed by atoms with Gasteiger partial charge in [0, 0.05) is 12.3 Å². The van der Waals surface area contributed by atoms with Crippen LogP contribution < -0.4 is 11.2 Å². The zero-order chi connectivity index (χ0) is 13.3. The summed E-state index contributed by atoms with van der Waals surface area (Å²) in [6.07, 6.45) is -2.22. The molecule has 8 nitrogen and oxygen atoms in total. The van der Waals surface area contributed by atoms with Crippen molar-refractivity contribution in [3.05, 3.63) is 33.1 Å². The molecule has 0 saturated carbocycles. The number of hydrogen-bond acceptors (Lipinski definition) is 6. The predicted octanol–water partition coefficient (Wildman–Crippen LogP) is -2.81. The second-order valence-electron chi connectivity index (χ2n) is 4.12. The second-order valence-corrected chi connectivity index (χ2v) is 4.12. The van der Waals surface area contributed by atoms with Gasteiger partial charge in [0.15, 0.2) is 0 Å². The zero-order valence-electron chi connectivity index (χ0n) is 9.39. The number of hydrogen-bond donors (Lipinski definition) is 4. The monoisotopic (exact) mass is 258 g/mol. The van der Waals surface area contributed by atoms with E-state index < -0.39 is 42.2 Å². The molecule has 1 aromatic heterocycles. The van der Waals surface area contributed by atoms with Gasteiger partial charge in [0.2, 0.25) is 0 Å². The summed E-state index contributed by atoms with van der Waals surface area (Å²) in [5.41, 5.74) is -1.24. The highest BCUT2D eigenvalue weighted by Gasteiger charge is 2.39. The summed E-state index contributed by atoms with van der Waals surface area (Å²) in [7, 11) is 0. The van der Waals surface area contributed by atoms with Crippen LogP contribution in [0, 0.1) is 0 Å². The number of aliphatic hydroxyl groups is 3. The van der Waals surface area contributed by atoms with E-state index in [1.54, 1.807) is 0 Å². The van der Waals surface area contributed by atoms with Gasteiger partial charge in [-0.05, 0) is 0 Å². The molecular formula is C10H14N2O6. The summed E-state index contributed by atoms with van der Waals surface area (Å²) in [4.78, 5) is 24.5. The van der Waals surface area contributed by atoms with Crippen LogP contribution in [0.25, 0.3) is 0 Å². The van der Waals surface area contributed by atoms with Gasteiger partial charge in [-0.25, -0.2) is 4.79 Å². The van der Waals surface area contributed by atoms with Gasteiger partial charge in [0.25, 0.3) is 5.56 Å². The highest BCUT2D eigenvalue weighted by Crippen LogP contribution is 2.22. The largest absolute Gasteiger partial charge is 0.394 e. The molecule has 0 aromatic carbocycles. The molecule has 2 rings (SSSR count). The summed E-state index contributed by atoms with van der Waals surface area (Å²) in [5.74, 6) is 0. The molecule has 8 heteroatoms. The number of rotatable bonds is 2. The van der Waals surface area contributed by atoms with Gasteiger partial charge in [0.1, 0.15) is 18.3 Å². The summed E-state index contributed by atoms with van der Waals surface area (Å²) in [5, 5.41) is 28.5. The third-order valence-electron chi connectivity index (χ3n) is 2.99. The van der Waals surface area contributed by atoms with Gasteiger partial charge in [0.05, 0.1) is 19.3 Å². The van der Waals surface area contributed by atoms with Crippen molar-refractivity contribution in [1.82, 2.24) is 9.55 Å². The van der Waals surface area contributed by atoms with Crippen molar-refractivity contribution in [3.63, 3.8) is 0 Å². The fourth-order valence-electron chi connectivity index (χ4n) is 1.96. The molecule has 0 bridgehead atoms. The SMILES string of the molecule is O=c1ccn(C2COC(CO)C(O)C2O)c(=O)[nH]1. The topological polar surface area (TPSA) is 125 Å². The van der Waals surface area contributed by atoms with Gasteiger partial charge in [-0.15, -0.1) is 0 Å². The number of H-pyrrole nitrogens is 1. The molecule has 1 aliphatic rings. The number of ether oxygens (including phenoxy) is 1. The Morgan fingerprint density at radius 1 is 1.39 bits per heavy atom. The lowest BCUT2D eigenvalue weighted by molar-refractivity contribution is -0.170. The lowest BCUT2D eigenvalue weighted by Gasteiger charge is -2.37. The van der Waals surface area contributed by atoms with Crippen molar-refractivity contribution in [3.8, 4) is 0 Å². The van der Waals surface area contributed by atoms with E-state index in [0.717, 1.165) is 10.6 Å². The summed E-state index contributed by atoms with van der Waals surface area (Å²) in [6, 6.07) is 0.325. The fourth-order valence-corrected chi connectivity index (χ4v) is 1.96. The van der Waals surface area contributed by atoms with Gasteiger partial charge >= 0.3 is 5.69 Å². The second kappa shape index (κ2) is 5.02. The third kappa shape index (κ3) is 2.23. The minimum Gasteiger partial charge on any atom is -0.394 e.